The van der Waals surface area contributed by atoms with Gasteiger partial charge in [0.15, 0.2) is 0 Å². The lowest BCUT2D eigenvalue weighted by Crippen LogP contribution is -2.25. The van der Waals surface area contributed by atoms with E-state index < -0.39 is 0 Å². The summed E-state index contributed by atoms with van der Waals surface area (Å²) in [7, 11) is 0. The van der Waals surface area contributed by atoms with Gasteiger partial charge in [-0.05, 0) is 18.3 Å². The Bertz CT molecular complexity index is 369. The summed E-state index contributed by atoms with van der Waals surface area (Å²) in [6, 6.07) is 0.239. The van der Waals surface area contributed by atoms with Crippen LogP contribution in [0.4, 0.5) is 0 Å². The van der Waals surface area contributed by atoms with Gasteiger partial charge in [0.25, 0.3) is 0 Å². The third-order valence-electron chi connectivity index (χ3n) is 3.02. The van der Waals surface area contributed by atoms with Gasteiger partial charge in [0, 0.05) is 23.3 Å². The highest BCUT2D eigenvalue weighted by Gasteiger charge is 2.19. The van der Waals surface area contributed by atoms with Crippen LogP contribution in [0.3, 0.4) is 0 Å². The Hall–Kier alpha value is -0.410. The van der Waals surface area contributed by atoms with Gasteiger partial charge in [0.1, 0.15) is 0 Å². The van der Waals surface area contributed by atoms with Crippen molar-refractivity contribution < 1.29 is 0 Å². The topological polar surface area (TPSA) is 38.9 Å². The Morgan fingerprint density at radius 2 is 1.83 bits per heavy atom. The third kappa shape index (κ3) is 5.49. The van der Waals surface area contributed by atoms with Crippen molar-refractivity contribution in [2.45, 2.75) is 72.3 Å². The van der Waals surface area contributed by atoms with Gasteiger partial charge in [-0.3, -0.25) is 0 Å². The van der Waals surface area contributed by atoms with Crippen LogP contribution >= 0.6 is 11.3 Å². The van der Waals surface area contributed by atoms with E-state index in [1.165, 1.54) is 17.1 Å². The van der Waals surface area contributed by atoms with Crippen LogP contribution in [-0.4, -0.2) is 11.0 Å². The van der Waals surface area contributed by atoms with E-state index in [2.05, 4.69) is 46.9 Å². The Morgan fingerprint density at radius 1 is 1.22 bits per heavy atom. The molecule has 0 spiro atoms. The molecule has 1 rings (SSSR count). The molecule has 2 N–H and O–H groups in total. The summed E-state index contributed by atoms with van der Waals surface area (Å²) < 4.78 is 0. The van der Waals surface area contributed by atoms with Crippen molar-refractivity contribution in [1.29, 1.82) is 0 Å². The Kier molecular flexibility index (Phi) is 4.96. The van der Waals surface area contributed by atoms with E-state index in [-0.39, 0.29) is 11.5 Å². The van der Waals surface area contributed by atoms with Crippen molar-refractivity contribution in [3.63, 3.8) is 0 Å². The lowest BCUT2D eigenvalue weighted by Gasteiger charge is -2.20. The molecule has 1 unspecified atom stereocenters. The van der Waals surface area contributed by atoms with E-state index >= 15 is 0 Å². The van der Waals surface area contributed by atoms with Crippen molar-refractivity contribution in [2.75, 3.05) is 0 Å². The van der Waals surface area contributed by atoms with Crippen LogP contribution in [0.15, 0.2) is 5.38 Å². The van der Waals surface area contributed by atoms with E-state index in [1.807, 2.05) is 0 Å². The molecule has 0 aromatic carbocycles. The molecule has 104 valence electrons. The van der Waals surface area contributed by atoms with Gasteiger partial charge in [-0.25, -0.2) is 4.98 Å². The Balaban J connectivity index is 2.50. The van der Waals surface area contributed by atoms with Gasteiger partial charge in [-0.1, -0.05) is 41.5 Å². The van der Waals surface area contributed by atoms with Gasteiger partial charge in [0.2, 0.25) is 0 Å². The zero-order chi connectivity index (χ0) is 14.0. The molecule has 0 aliphatic rings. The number of nitrogens with two attached hydrogens (primary N) is 1. The predicted molar refractivity (Wildman–Crippen MR) is 81.2 cm³/mol. The minimum atomic E-state index is 0.143. The summed E-state index contributed by atoms with van der Waals surface area (Å²) in [5, 5.41) is 3.35. The van der Waals surface area contributed by atoms with Gasteiger partial charge >= 0.3 is 0 Å². The van der Waals surface area contributed by atoms with Crippen LogP contribution in [-0.2, 0) is 11.8 Å². The van der Waals surface area contributed by atoms with Gasteiger partial charge in [-0.2, -0.15) is 0 Å². The zero-order valence-corrected chi connectivity index (χ0v) is 13.5. The molecule has 2 nitrogen and oxygen atoms in total. The molecule has 0 amide bonds. The van der Waals surface area contributed by atoms with Gasteiger partial charge < -0.3 is 5.73 Å². The minimum Gasteiger partial charge on any atom is -0.327 e. The van der Waals surface area contributed by atoms with Gasteiger partial charge in [-0.15, -0.1) is 11.3 Å². The summed E-state index contributed by atoms with van der Waals surface area (Å²) in [5.41, 5.74) is 7.90. The Labute approximate surface area is 116 Å². The smallest absolute Gasteiger partial charge is 0.0943 e. The second kappa shape index (κ2) is 5.70. The number of nitrogens with zero attached hydrogens (tertiary/aromatic N) is 1. The summed E-state index contributed by atoms with van der Waals surface area (Å²) in [5.74, 6) is 0. The van der Waals surface area contributed by atoms with Crippen LogP contribution in [0.5, 0.6) is 0 Å². The Morgan fingerprint density at radius 3 is 2.28 bits per heavy atom. The molecule has 0 saturated carbocycles. The SMILES string of the molecule is CC(C)(C)CCC(N)Cc1nc(C(C)(C)C)cs1. The van der Waals surface area contributed by atoms with E-state index in [1.54, 1.807) is 11.3 Å². The second-order valence-electron chi connectivity index (χ2n) is 7.44. The molecule has 1 heterocycles. The van der Waals surface area contributed by atoms with Crippen molar-refractivity contribution in [3.8, 4) is 0 Å². The maximum atomic E-state index is 6.20. The third-order valence-corrected chi connectivity index (χ3v) is 3.89. The quantitative estimate of drug-likeness (QED) is 0.891. The number of hydrogen-bond acceptors (Lipinski definition) is 3. The van der Waals surface area contributed by atoms with Crippen molar-refractivity contribution >= 4 is 11.3 Å². The molecule has 3 heteroatoms. The molecular formula is C15H28N2S. The molecule has 0 fully saturated rings. The predicted octanol–water partition coefficient (Wildman–Crippen LogP) is 4.14. The molecule has 0 saturated heterocycles. The highest BCUT2D eigenvalue weighted by Crippen LogP contribution is 2.26. The maximum Gasteiger partial charge on any atom is 0.0943 e. The average Bonchev–Trinajstić information content (AvgIpc) is 2.61. The maximum absolute atomic E-state index is 6.20. The molecule has 18 heavy (non-hydrogen) atoms. The number of rotatable bonds is 4. The lowest BCUT2D eigenvalue weighted by molar-refractivity contribution is 0.347. The molecular weight excluding hydrogens is 240 g/mol. The first-order valence-electron chi connectivity index (χ1n) is 6.78. The average molecular weight is 268 g/mol. The van der Waals surface area contributed by atoms with Gasteiger partial charge in [0.05, 0.1) is 10.7 Å². The van der Waals surface area contributed by atoms with Crippen molar-refractivity contribution in [1.82, 2.24) is 4.98 Å². The monoisotopic (exact) mass is 268 g/mol. The summed E-state index contributed by atoms with van der Waals surface area (Å²) in [4.78, 5) is 4.70. The number of thiazole rings is 1. The van der Waals surface area contributed by atoms with Crippen LogP contribution in [0, 0.1) is 5.41 Å². The number of aromatic nitrogens is 1. The summed E-state index contributed by atoms with van der Waals surface area (Å²) >= 11 is 1.75. The van der Waals surface area contributed by atoms with Crippen molar-refractivity contribution in [2.24, 2.45) is 11.1 Å². The molecule has 0 radical (unpaired) electrons. The zero-order valence-electron chi connectivity index (χ0n) is 12.7. The first-order chi connectivity index (χ1) is 8.08. The fourth-order valence-corrected chi connectivity index (χ4v) is 2.81. The molecule has 1 atom stereocenters. The highest BCUT2D eigenvalue weighted by molar-refractivity contribution is 7.09. The van der Waals surface area contributed by atoms with Crippen LogP contribution < -0.4 is 5.73 Å². The fourth-order valence-electron chi connectivity index (χ4n) is 1.69. The number of hydrogen-bond donors (Lipinski definition) is 1. The molecule has 0 aliphatic carbocycles. The molecule has 0 bridgehead atoms. The largest absolute Gasteiger partial charge is 0.327 e. The second-order valence-corrected chi connectivity index (χ2v) is 8.38. The van der Waals surface area contributed by atoms with E-state index in [4.69, 9.17) is 10.7 Å². The normalized spacial score (nSPS) is 14.8. The van der Waals surface area contributed by atoms with E-state index in [0.29, 0.717) is 5.41 Å². The molecule has 1 aromatic heterocycles. The van der Waals surface area contributed by atoms with Crippen LogP contribution in [0.25, 0.3) is 0 Å². The molecule has 0 aliphatic heterocycles. The van der Waals surface area contributed by atoms with E-state index in [0.717, 1.165) is 12.8 Å². The summed E-state index contributed by atoms with van der Waals surface area (Å²) in [6.45, 7) is 13.4. The minimum absolute atomic E-state index is 0.143. The summed E-state index contributed by atoms with van der Waals surface area (Å²) in [6.07, 6.45) is 3.16. The standard InChI is InChI=1S/C15H28N2S/c1-14(2,3)8-7-11(16)9-13-17-12(10-18-13)15(4,5)6/h10-11H,7-9,16H2,1-6H3. The first kappa shape index (κ1) is 15.6. The first-order valence-corrected chi connectivity index (χ1v) is 7.66. The van der Waals surface area contributed by atoms with Crippen LogP contribution in [0.2, 0.25) is 0 Å². The fraction of sp³-hybridized carbons (Fsp3) is 0.800. The highest BCUT2D eigenvalue weighted by atomic mass is 32.1. The lowest BCUT2D eigenvalue weighted by atomic mass is 9.88. The van der Waals surface area contributed by atoms with E-state index in [9.17, 15) is 0 Å². The van der Waals surface area contributed by atoms with Crippen molar-refractivity contribution in [3.05, 3.63) is 16.1 Å². The van der Waals surface area contributed by atoms with Crippen LogP contribution in [0.1, 0.15) is 65.1 Å². The molecule has 1 aromatic rings.